The number of hydrogen-bond donors (Lipinski definition) is 2. The third-order valence-corrected chi connectivity index (χ3v) is 3.70. The summed E-state index contributed by atoms with van der Waals surface area (Å²) >= 11 is 0. The Balaban J connectivity index is 2.48. The first-order valence-electron chi connectivity index (χ1n) is 6.48. The van der Waals surface area contributed by atoms with Gasteiger partial charge in [0.05, 0.1) is 4.92 Å². The van der Waals surface area contributed by atoms with Crippen molar-refractivity contribution in [2.45, 2.75) is 45.2 Å². The van der Waals surface area contributed by atoms with E-state index >= 15 is 0 Å². The van der Waals surface area contributed by atoms with Gasteiger partial charge in [0.25, 0.3) is 0 Å². The van der Waals surface area contributed by atoms with Crippen molar-refractivity contribution in [2.24, 2.45) is 5.84 Å². The first kappa shape index (κ1) is 13.5. The number of hydrogen-bond acceptors (Lipinski definition) is 6. The number of hydrazine groups is 1. The number of pyridine rings is 1. The lowest BCUT2D eigenvalue weighted by atomic mass is 10.1. The predicted molar refractivity (Wildman–Crippen MR) is 74.0 cm³/mol. The molecule has 7 nitrogen and oxygen atoms in total. The Morgan fingerprint density at radius 2 is 2.32 bits per heavy atom. The predicted octanol–water partition coefficient (Wildman–Crippen LogP) is 2.04. The summed E-state index contributed by atoms with van der Waals surface area (Å²) < 4.78 is 0. The Kier molecular flexibility index (Phi) is 3.84. The smallest absolute Gasteiger partial charge is 0.311 e. The summed E-state index contributed by atoms with van der Waals surface area (Å²) in [5.74, 6) is 6.20. The van der Waals surface area contributed by atoms with Crippen molar-refractivity contribution in [1.82, 2.24) is 4.98 Å². The van der Waals surface area contributed by atoms with Crippen LogP contribution in [0, 0.1) is 10.1 Å². The maximum atomic E-state index is 11.2. The largest absolute Gasteiger partial charge is 0.345 e. The Bertz CT molecular complexity index is 479. The van der Waals surface area contributed by atoms with Crippen molar-refractivity contribution in [1.29, 1.82) is 0 Å². The van der Waals surface area contributed by atoms with Gasteiger partial charge in [-0.15, -0.1) is 0 Å². The van der Waals surface area contributed by atoms with Gasteiger partial charge in [-0.05, 0) is 32.3 Å². The van der Waals surface area contributed by atoms with E-state index in [4.69, 9.17) is 5.84 Å². The minimum absolute atomic E-state index is 0.0335. The molecule has 1 aromatic rings. The molecule has 3 N–H and O–H groups in total. The van der Waals surface area contributed by atoms with Crippen molar-refractivity contribution >= 4 is 17.3 Å². The second kappa shape index (κ2) is 5.40. The Hall–Kier alpha value is -1.89. The lowest BCUT2D eigenvalue weighted by Gasteiger charge is -2.28. The zero-order valence-corrected chi connectivity index (χ0v) is 11.2. The van der Waals surface area contributed by atoms with Gasteiger partial charge < -0.3 is 10.3 Å². The van der Waals surface area contributed by atoms with E-state index in [0.29, 0.717) is 17.7 Å². The molecule has 0 saturated carbocycles. The van der Waals surface area contributed by atoms with E-state index in [1.165, 1.54) is 12.1 Å². The van der Waals surface area contributed by atoms with Gasteiger partial charge in [-0.1, -0.05) is 6.92 Å². The molecule has 0 aromatic carbocycles. The molecule has 2 rings (SSSR count). The minimum Gasteiger partial charge on any atom is -0.345 e. The van der Waals surface area contributed by atoms with Crippen molar-refractivity contribution in [2.75, 3.05) is 10.3 Å². The average molecular weight is 265 g/mol. The topological polar surface area (TPSA) is 97.3 Å². The molecule has 0 spiro atoms. The quantitative estimate of drug-likeness (QED) is 0.491. The average Bonchev–Trinajstić information content (AvgIpc) is 2.78. The standard InChI is InChI=1S/C12H19N5O2/c1-3-9-5-4-8(2)16(9)12-10(17(18)19)6-7-11(14-12)15-13/h6-9H,3-5,13H2,1-2H3,(H,14,15). The fraction of sp³-hybridized carbons (Fsp3) is 0.583. The molecule has 1 fully saturated rings. The van der Waals surface area contributed by atoms with Gasteiger partial charge in [0.1, 0.15) is 5.82 Å². The van der Waals surface area contributed by atoms with E-state index in [9.17, 15) is 10.1 Å². The molecule has 0 aliphatic carbocycles. The molecule has 2 atom stereocenters. The molecule has 1 aliphatic heterocycles. The minimum atomic E-state index is -0.389. The van der Waals surface area contributed by atoms with Crippen LogP contribution in [0.5, 0.6) is 0 Å². The van der Waals surface area contributed by atoms with Gasteiger partial charge in [0, 0.05) is 18.2 Å². The number of nitrogens with two attached hydrogens (primary N) is 1. The number of aromatic nitrogens is 1. The fourth-order valence-electron chi connectivity index (χ4n) is 2.71. The number of nitro groups is 1. The Morgan fingerprint density at radius 3 is 2.89 bits per heavy atom. The van der Waals surface area contributed by atoms with Crippen LogP contribution in [-0.2, 0) is 0 Å². The van der Waals surface area contributed by atoms with Gasteiger partial charge in [-0.3, -0.25) is 10.1 Å². The lowest BCUT2D eigenvalue weighted by Crippen LogP contribution is -2.35. The van der Waals surface area contributed by atoms with Crippen LogP contribution in [0.15, 0.2) is 12.1 Å². The summed E-state index contributed by atoms with van der Waals surface area (Å²) in [6.07, 6.45) is 3.01. The zero-order valence-electron chi connectivity index (χ0n) is 11.2. The number of nitrogen functional groups attached to an aromatic ring is 1. The van der Waals surface area contributed by atoms with E-state index < -0.39 is 0 Å². The van der Waals surface area contributed by atoms with Crippen LogP contribution in [-0.4, -0.2) is 22.0 Å². The highest BCUT2D eigenvalue weighted by Gasteiger charge is 2.34. The van der Waals surface area contributed by atoms with Crippen LogP contribution in [0.1, 0.15) is 33.1 Å². The summed E-state index contributed by atoms with van der Waals surface area (Å²) in [5.41, 5.74) is 2.48. The van der Waals surface area contributed by atoms with E-state index in [1.807, 2.05) is 0 Å². The molecule has 0 amide bonds. The van der Waals surface area contributed by atoms with E-state index in [-0.39, 0.29) is 16.7 Å². The highest BCUT2D eigenvalue weighted by Crippen LogP contribution is 2.36. The molecule has 1 aromatic heterocycles. The van der Waals surface area contributed by atoms with Crippen LogP contribution in [0.2, 0.25) is 0 Å². The molecule has 0 radical (unpaired) electrons. The molecular formula is C12H19N5O2. The molecule has 1 aliphatic rings. The molecule has 7 heteroatoms. The van der Waals surface area contributed by atoms with Gasteiger partial charge in [-0.2, -0.15) is 0 Å². The van der Waals surface area contributed by atoms with Crippen molar-refractivity contribution in [3.05, 3.63) is 22.2 Å². The molecular weight excluding hydrogens is 246 g/mol. The number of rotatable bonds is 4. The van der Waals surface area contributed by atoms with Crippen LogP contribution in [0.25, 0.3) is 0 Å². The SMILES string of the molecule is CCC1CCC(C)N1c1nc(NN)ccc1[N+](=O)[O-]. The van der Waals surface area contributed by atoms with Crippen molar-refractivity contribution < 1.29 is 4.92 Å². The van der Waals surface area contributed by atoms with Gasteiger partial charge in [0.15, 0.2) is 0 Å². The third-order valence-electron chi connectivity index (χ3n) is 3.70. The molecule has 104 valence electrons. The molecule has 19 heavy (non-hydrogen) atoms. The Labute approximate surface area is 111 Å². The summed E-state index contributed by atoms with van der Waals surface area (Å²) in [7, 11) is 0. The maximum Gasteiger partial charge on any atom is 0.311 e. The van der Waals surface area contributed by atoms with Crippen molar-refractivity contribution in [3.63, 3.8) is 0 Å². The highest BCUT2D eigenvalue weighted by atomic mass is 16.6. The number of anilines is 2. The zero-order chi connectivity index (χ0) is 14.0. The van der Waals surface area contributed by atoms with E-state index in [0.717, 1.165) is 19.3 Å². The van der Waals surface area contributed by atoms with Crippen LogP contribution in [0.4, 0.5) is 17.3 Å². The Morgan fingerprint density at radius 1 is 1.58 bits per heavy atom. The molecule has 1 saturated heterocycles. The molecule has 2 heterocycles. The maximum absolute atomic E-state index is 11.2. The summed E-state index contributed by atoms with van der Waals surface area (Å²) in [4.78, 5) is 17.1. The normalized spacial score (nSPS) is 22.6. The summed E-state index contributed by atoms with van der Waals surface area (Å²) in [6, 6.07) is 3.52. The first-order valence-corrected chi connectivity index (χ1v) is 6.48. The first-order chi connectivity index (χ1) is 9.08. The second-order valence-corrected chi connectivity index (χ2v) is 4.84. The van der Waals surface area contributed by atoms with Gasteiger partial charge in [-0.25, -0.2) is 10.8 Å². The van der Waals surface area contributed by atoms with Crippen molar-refractivity contribution in [3.8, 4) is 0 Å². The van der Waals surface area contributed by atoms with Crippen LogP contribution in [0.3, 0.4) is 0 Å². The highest BCUT2D eigenvalue weighted by molar-refractivity contribution is 5.63. The van der Waals surface area contributed by atoms with E-state index in [2.05, 4.69) is 29.2 Å². The number of nitrogens with one attached hydrogen (secondary N) is 1. The van der Waals surface area contributed by atoms with Gasteiger partial charge in [0.2, 0.25) is 5.82 Å². The monoisotopic (exact) mass is 265 g/mol. The lowest BCUT2D eigenvalue weighted by molar-refractivity contribution is -0.384. The van der Waals surface area contributed by atoms with E-state index in [1.54, 1.807) is 0 Å². The number of nitrogens with zero attached hydrogens (tertiary/aromatic N) is 3. The summed E-state index contributed by atoms with van der Waals surface area (Å²) in [5, 5.41) is 11.2. The third kappa shape index (κ3) is 2.46. The molecule has 0 bridgehead atoms. The van der Waals surface area contributed by atoms with Crippen LogP contribution >= 0.6 is 0 Å². The summed E-state index contributed by atoms with van der Waals surface area (Å²) in [6.45, 7) is 4.16. The van der Waals surface area contributed by atoms with Gasteiger partial charge >= 0.3 is 5.69 Å². The second-order valence-electron chi connectivity index (χ2n) is 4.84. The van der Waals surface area contributed by atoms with Crippen LogP contribution < -0.4 is 16.2 Å². The fourth-order valence-corrected chi connectivity index (χ4v) is 2.71. The molecule has 2 unspecified atom stereocenters.